The van der Waals surface area contributed by atoms with Crippen molar-refractivity contribution >= 4 is 6.09 Å². The van der Waals surface area contributed by atoms with E-state index in [1.54, 1.807) is 20.8 Å². The molecular weight excluding hydrogens is 435 g/mol. The zero-order valence-electron chi connectivity index (χ0n) is 19.1. The minimum Gasteiger partial charge on any atom is -0.444 e. The summed E-state index contributed by atoms with van der Waals surface area (Å²) in [5, 5.41) is 2.36. The molecule has 0 spiro atoms. The normalized spacial score (nSPS) is 11.0. The van der Waals surface area contributed by atoms with E-state index in [9.17, 15) is 26.7 Å². The van der Waals surface area contributed by atoms with Crippen LogP contribution in [0, 0.1) is 0 Å². The molecule has 0 saturated heterocycles. The number of pyridine rings is 1. The van der Waals surface area contributed by atoms with E-state index >= 15 is 0 Å². The Bertz CT molecular complexity index is 836. The fraction of sp³-hybridized carbons (Fsp3) is 0.524. The van der Waals surface area contributed by atoms with Gasteiger partial charge < -0.3 is 10.1 Å². The summed E-state index contributed by atoms with van der Waals surface area (Å²) in [6.07, 6.45) is -5.68. The van der Waals surface area contributed by atoms with Gasteiger partial charge in [0.2, 0.25) is 5.82 Å². The third-order valence-corrected chi connectivity index (χ3v) is 3.28. The van der Waals surface area contributed by atoms with Crippen molar-refractivity contribution < 1.29 is 31.5 Å². The van der Waals surface area contributed by atoms with Crippen molar-refractivity contribution in [2.45, 2.75) is 73.2 Å². The van der Waals surface area contributed by atoms with Crippen LogP contribution in [-0.2, 0) is 17.5 Å². The lowest BCUT2D eigenvalue weighted by Gasteiger charge is -2.20. The number of rotatable bonds is 4. The van der Waals surface area contributed by atoms with Gasteiger partial charge in [0, 0.05) is 36.3 Å². The standard InChI is InChI=1S/C17H17F5N4O2.2C2H6/c1-16(2,3)28-15(27)26-5-9-4-12(23-8-11(9)13(18)19)10-6-24-14(25-7-10)17(20,21)22;2*1-2/h4,6-8,13H,5H2,1-3H3,(H,26,27);2*1-2H3. The number of hydrogen-bond donors (Lipinski definition) is 1. The molecule has 0 aliphatic heterocycles. The minimum atomic E-state index is -4.70. The number of nitrogens with zero attached hydrogens (tertiary/aromatic N) is 3. The Labute approximate surface area is 184 Å². The van der Waals surface area contributed by atoms with E-state index in [0.29, 0.717) is 0 Å². The second-order valence-corrected chi connectivity index (χ2v) is 6.72. The van der Waals surface area contributed by atoms with E-state index in [4.69, 9.17) is 4.74 Å². The summed E-state index contributed by atoms with van der Waals surface area (Å²) in [5.41, 5.74) is -0.971. The van der Waals surface area contributed by atoms with Gasteiger partial charge in [0.05, 0.1) is 5.69 Å². The lowest BCUT2D eigenvalue weighted by atomic mass is 10.1. The molecule has 2 aromatic heterocycles. The predicted molar refractivity (Wildman–Crippen MR) is 111 cm³/mol. The molecule has 6 nitrogen and oxygen atoms in total. The Morgan fingerprint density at radius 3 is 1.97 bits per heavy atom. The number of hydrogen-bond acceptors (Lipinski definition) is 5. The highest BCUT2D eigenvalue weighted by Crippen LogP contribution is 2.28. The summed E-state index contributed by atoms with van der Waals surface area (Å²) in [6, 6.07) is 1.23. The molecule has 2 rings (SSSR count). The summed E-state index contributed by atoms with van der Waals surface area (Å²) < 4.78 is 69.1. The molecule has 1 N–H and O–H groups in total. The molecule has 180 valence electrons. The summed E-state index contributed by atoms with van der Waals surface area (Å²) in [5.74, 6) is -1.33. The smallest absolute Gasteiger partial charge is 0.444 e. The molecule has 0 aliphatic carbocycles. The zero-order chi connectivity index (χ0) is 25.1. The maximum Gasteiger partial charge on any atom is 0.451 e. The van der Waals surface area contributed by atoms with E-state index in [-0.39, 0.29) is 23.4 Å². The fourth-order valence-corrected chi connectivity index (χ4v) is 2.10. The van der Waals surface area contributed by atoms with Gasteiger partial charge in [0.1, 0.15) is 5.60 Å². The second-order valence-electron chi connectivity index (χ2n) is 6.72. The number of carbonyl (C=O) groups excluding carboxylic acids is 1. The Hall–Kier alpha value is -2.85. The van der Waals surface area contributed by atoms with Crippen molar-refractivity contribution in [3.8, 4) is 11.3 Å². The van der Waals surface area contributed by atoms with E-state index in [2.05, 4.69) is 20.3 Å². The first-order chi connectivity index (χ1) is 14.9. The van der Waals surface area contributed by atoms with E-state index in [0.717, 1.165) is 18.6 Å². The largest absolute Gasteiger partial charge is 0.451 e. The summed E-state index contributed by atoms with van der Waals surface area (Å²) in [7, 11) is 0. The lowest BCUT2D eigenvalue weighted by molar-refractivity contribution is -0.145. The van der Waals surface area contributed by atoms with Gasteiger partial charge in [-0.2, -0.15) is 13.2 Å². The molecule has 0 saturated carbocycles. The van der Waals surface area contributed by atoms with Gasteiger partial charge in [-0.15, -0.1) is 0 Å². The highest BCUT2D eigenvalue weighted by Gasteiger charge is 2.34. The summed E-state index contributed by atoms with van der Waals surface area (Å²) >= 11 is 0. The number of nitrogens with one attached hydrogen (secondary N) is 1. The average Bonchev–Trinajstić information content (AvgIpc) is 2.73. The third kappa shape index (κ3) is 9.52. The third-order valence-electron chi connectivity index (χ3n) is 3.28. The highest BCUT2D eigenvalue weighted by atomic mass is 19.4. The van der Waals surface area contributed by atoms with Crippen LogP contribution >= 0.6 is 0 Å². The van der Waals surface area contributed by atoms with Crippen molar-refractivity contribution in [1.82, 2.24) is 20.3 Å². The number of alkyl halides is 5. The van der Waals surface area contributed by atoms with E-state index in [1.165, 1.54) is 6.07 Å². The number of alkyl carbamates (subject to hydrolysis) is 1. The van der Waals surface area contributed by atoms with Crippen LogP contribution in [0.1, 0.15) is 71.8 Å². The zero-order valence-corrected chi connectivity index (χ0v) is 19.1. The van der Waals surface area contributed by atoms with Crippen molar-refractivity contribution in [1.29, 1.82) is 0 Å². The van der Waals surface area contributed by atoms with Gasteiger partial charge in [0.15, 0.2) is 0 Å². The quantitative estimate of drug-likeness (QED) is 0.518. The van der Waals surface area contributed by atoms with Crippen LogP contribution in [0.3, 0.4) is 0 Å². The summed E-state index contributed by atoms with van der Waals surface area (Å²) in [4.78, 5) is 22.0. The maximum atomic E-state index is 13.2. The Kier molecular flexibility index (Phi) is 11.7. The molecule has 1 amide bonds. The average molecular weight is 464 g/mol. The highest BCUT2D eigenvalue weighted by molar-refractivity contribution is 5.68. The lowest BCUT2D eigenvalue weighted by Crippen LogP contribution is -2.32. The van der Waals surface area contributed by atoms with Crippen LogP contribution in [0.25, 0.3) is 11.3 Å². The van der Waals surface area contributed by atoms with E-state index in [1.807, 2.05) is 27.7 Å². The number of amides is 1. The SMILES string of the molecule is CC.CC.CC(C)(C)OC(=O)NCc1cc(-c2cnc(C(F)(F)F)nc2)ncc1C(F)F. The monoisotopic (exact) mass is 464 g/mol. The van der Waals surface area contributed by atoms with Crippen LogP contribution in [0.5, 0.6) is 0 Å². The molecule has 0 atom stereocenters. The molecule has 2 heterocycles. The van der Waals surface area contributed by atoms with E-state index < -0.39 is 35.7 Å². The molecule has 32 heavy (non-hydrogen) atoms. The second kappa shape index (κ2) is 12.9. The Balaban J connectivity index is 0.00000227. The molecule has 11 heteroatoms. The van der Waals surface area contributed by atoms with Gasteiger partial charge in [0.25, 0.3) is 6.43 Å². The first kappa shape index (κ1) is 29.1. The molecular formula is C21H29F5N4O2. The van der Waals surface area contributed by atoms with Gasteiger partial charge in [-0.25, -0.2) is 23.5 Å². The van der Waals surface area contributed by atoms with Crippen LogP contribution in [-0.4, -0.2) is 26.6 Å². The molecule has 0 radical (unpaired) electrons. The predicted octanol–water partition coefficient (Wildman–Crippen LogP) is 6.57. The van der Waals surface area contributed by atoms with Crippen LogP contribution in [0.2, 0.25) is 0 Å². The number of ether oxygens (including phenoxy) is 1. The van der Waals surface area contributed by atoms with Gasteiger partial charge in [-0.1, -0.05) is 27.7 Å². The van der Waals surface area contributed by atoms with Crippen molar-refractivity contribution in [3.63, 3.8) is 0 Å². The molecule has 0 unspecified atom stereocenters. The minimum absolute atomic E-state index is 0.0331. The Morgan fingerprint density at radius 1 is 1.00 bits per heavy atom. The number of halogens is 5. The summed E-state index contributed by atoms with van der Waals surface area (Å²) in [6.45, 7) is 12.6. The Morgan fingerprint density at radius 2 is 1.53 bits per heavy atom. The molecule has 2 aromatic rings. The molecule has 0 bridgehead atoms. The van der Waals surface area contributed by atoms with Crippen LogP contribution in [0.4, 0.5) is 26.7 Å². The van der Waals surface area contributed by atoms with Gasteiger partial charge >= 0.3 is 12.3 Å². The molecule has 0 aromatic carbocycles. The van der Waals surface area contributed by atoms with Crippen molar-refractivity contribution in [2.75, 3.05) is 0 Å². The number of carbonyl (C=O) groups is 1. The van der Waals surface area contributed by atoms with Crippen LogP contribution < -0.4 is 5.32 Å². The first-order valence-electron chi connectivity index (χ1n) is 10.0. The van der Waals surface area contributed by atoms with Crippen molar-refractivity contribution in [3.05, 3.63) is 41.6 Å². The van der Waals surface area contributed by atoms with Crippen LogP contribution in [0.15, 0.2) is 24.7 Å². The van der Waals surface area contributed by atoms with Gasteiger partial charge in [-0.05, 0) is 32.4 Å². The molecule has 0 fully saturated rings. The fourth-order valence-electron chi connectivity index (χ4n) is 2.10. The molecule has 0 aliphatic rings. The first-order valence-corrected chi connectivity index (χ1v) is 10.0. The number of aromatic nitrogens is 3. The topological polar surface area (TPSA) is 77.0 Å². The van der Waals surface area contributed by atoms with Crippen molar-refractivity contribution in [2.24, 2.45) is 0 Å². The maximum absolute atomic E-state index is 13.2. The van der Waals surface area contributed by atoms with Gasteiger partial charge in [-0.3, -0.25) is 4.98 Å².